The molecule has 1 unspecified atom stereocenters. The molecule has 0 aliphatic rings. The van der Waals surface area contributed by atoms with Gasteiger partial charge in [-0.05, 0) is 36.8 Å². The minimum Gasteiger partial charge on any atom is -0.467 e. The molecule has 21 heavy (non-hydrogen) atoms. The first-order valence-electron chi connectivity index (χ1n) is 6.80. The van der Waals surface area contributed by atoms with E-state index in [1.54, 1.807) is 17.6 Å². The molecule has 1 aromatic carbocycles. The number of hydrogen-bond acceptors (Lipinski definition) is 3. The number of aryl methyl sites for hydroxylation is 1. The molecule has 0 bridgehead atoms. The van der Waals surface area contributed by atoms with Crippen molar-refractivity contribution >= 4 is 22.9 Å². The number of nitrogens with one attached hydrogen (secondary N) is 1. The molecule has 2 aromatic heterocycles. The van der Waals surface area contributed by atoms with Crippen LogP contribution in [-0.4, -0.2) is 0 Å². The number of rotatable bonds is 5. The van der Waals surface area contributed by atoms with Gasteiger partial charge in [-0.25, -0.2) is 0 Å². The lowest BCUT2D eigenvalue weighted by Gasteiger charge is -2.15. The van der Waals surface area contributed by atoms with Crippen molar-refractivity contribution in [2.24, 2.45) is 0 Å². The van der Waals surface area contributed by atoms with Gasteiger partial charge in [-0.15, -0.1) is 11.3 Å². The van der Waals surface area contributed by atoms with Crippen LogP contribution in [0.2, 0.25) is 4.34 Å². The molecular formula is C17H16ClNOS. The predicted molar refractivity (Wildman–Crippen MR) is 87.9 cm³/mol. The van der Waals surface area contributed by atoms with E-state index < -0.39 is 0 Å². The molecule has 0 fully saturated rings. The summed E-state index contributed by atoms with van der Waals surface area (Å²) in [7, 11) is 0. The van der Waals surface area contributed by atoms with Crippen LogP contribution in [-0.2, 0) is 6.54 Å². The average molecular weight is 318 g/mol. The summed E-state index contributed by atoms with van der Waals surface area (Å²) in [6.45, 7) is 2.87. The Morgan fingerprint density at radius 1 is 1.14 bits per heavy atom. The Balaban J connectivity index is 1.78. The summed E-state index contributed by atoms with van der Waals surface area (Å²) < 4.78 is 6.36. The predicted octanol–water partition coefficient (Wildman–Crippen LogP) is 5.18. The summed E-state index contributed by atoms with van der Waals surface area (Å²) in [5.74, 6) is 0.903. The summed E-state index contributed by atoms with van der Waals surface area (Å²) in [5, 5.41) is 3.55. The number of halogens is 1. The van der Waals surface area contributed by atoms with Crippen molar-refractivity contribution in [2.75, 3.05) is 0 Å². The fourth-order valence-corrected chi connectivity index (χ4v) is 3.35. The fraction of sp³-hybridized carbons (Fsp3) is 0.176. The van der Waals surface area contributed by atoms with E-state index in [9.17, 15) is 0 Å². The normalized spacial score (nSPS) is 12.5. The van der Waals surface area contributed by atoms with Crippen LogP contribution < -0.4 is 5.32 Å². The summed E-state index contributed by atoms with van der Waals surface area (Å²) in [6, 6.07) is 16.4. The fourth-order valence-electron chi connectivity index (χ4n) is 2.21. The molecule has 0 radical (unpaired) electrons. The molecule has 1 atom stereocenters. The van der Waals surface area contributed by atoms with Gasteiger partial charge in [0, 0.05) is 11.4 Å². The molecule has 2 nitrogen and oxygen atoms in total. The first-order valence-corrected chi connectivity index (χ1v) is 7.99. The van der Waals surface area contributed by atoms with E-state index in [0.717, 1.165) is 21.5 Å². The van der Waals surface area contributed by atoms with Crippen LogP contribution >= 0.6 is 22.9 Å². The van der Waals surface area contributed by atoms with Crippen LogP contribution in [0.5, 0.6) is 0 Å². The minimum absolute atomic E-state index is 0.0267. The van der Waals surface area contributed by atoms with Gasteiger partial charge in [0.1, 0.15) is 11.8 Å². The quantitative estimate of drug-likeness (QED) is 0.701. The first kappa shape index (κ1) is 14.4. The maximum atomic E-state index is 6.06. The second kappa shape index (κ2) is 6.48. The van der Waals surface area contributed by atoms with Crippen molar-refractivity contribution in [3.8, 4) is 0 Å². The van der Waals surface area contributed by atoms with Crippen LogP contribution in [0.4, 0.5) is 0 Å². The maximum Gasteiger partial charge on any atom is 0.126 e. The second-order valence-electron chi connectivity index (χ2n) is 4.96. The molecule has 0 amide bonds. The number of benzene rings is 1. The maximum absolute atomic E-state index is 6.06. The number of thiophene rings is 1. The zero-order chi connectivity index (χ0) is 14.7. The Bertz CT molecular complexity index is 688. The summed E-state index contributed by atoms with van der Waals surface area (Å²) in [5.41, 5.74) is 2.52. The molecule has 3 rings (SSSR count). The Morgan fingerprint density at radius 3 is 2.57 bits per heavy atom. The summed E-state index contributed by atoms with van der Waals surface area (Å²) in [6.07, 6.45) is 1.70. The smallest absolute Gasteiger partial charge is 0.126 e. The topological polar surface area (TPSA) is 25.2 Å². The standard InChI is InChI=1S/C17H16ClNOS/c1-12-4-6-13(7-5-12)11-19-17(14-3-2-10-20-14)15-8-9-16(18)21-15/h2-10,17,19H,11H2,1H3. The van der Waals surface area contributed by atoms with Crippen LogP contribution in [0.1, 0.15) is 27.8 Å². The van der Waals surface area contributed by atoms with Crippen LogP contribution in [0.25, 0.3) is 0 Å². The molecule has 0 spiro atoms. The van der Waals surface area contributed by atoms with Gasteiger partial charge in [-0.1, -0.05) is 41.4 Å². The highest BCUT2D eigenvalue weighted by Crippen LogP contribution is 2.31. The van der Waals surface area contributed by atoms with Crippen molar-refractivity contribution in [1.82, 2.24) is 5.32 Å². The van der Waals surface area contributed by atoms with Gasteiger partial charge in [0.15, 0.2) is 0 Å². The highest BCUT2D eigenvalue weighted by atomic mass is 35.5. The zero-order valence-corrected chi connectivity index (χ0v) is 13.2. The molecule has 3 aromatic rings. The molecule has 0 saturated carbocycles. The minimum atomic E-state index is 0.0267. The van der Waals surface area contributed by atoms with Crippen molar-refractivity contribution in [2.45, 2.75) is 19.5 Å². The van der Waals surface area contributed by atoms with Crippen LogP contribution in [0, 0.1) is 6.92 Å². The lowest BCUT2D eigenvalue weighted by molar-refractivity contribution is 0.449. The molecule has 0 saturated heterocycles. The van der Waals surface area contributed by atoms with Crippen molar-refractivity contribution < 1.29 is 4.42 Å². The zero-order valence-electron chi connectivity index (χ0n) is 11.7. The van der Waals surface area contributed by atoms with E-state index in [1.807, 2.05) is 24.3 Å². The summed E-state index contributed by atoms with van der Waals surface area (Å²) in [4.78, 5) is 1.15. The lowest BCUT2D eigenvalue weighted by atomic mass is 10.1. The molecule has 4 heteroatoms. The van der Waals surface area contributed by atoms with E-state index in [2.05, 4.69) is 36.5 Å². The monoisotopic (exact) mass is 317 g/mol. The Kier molecular flexibility index (Phi) is 4.44. The third-order valence-electron chi connectivity index (χ3n) is 3.34. The van der Waals surface area contributed by atoms with Gasteiger partial charge in [0.05, 0.1) is 10.6 Å². The van der Waals surface area contributed by atoms with E-state index in [-0.39, 0.29) is 6.04 Å². The summed E-state index contributed by atoms with van der Waals surface area (Å²) >= 11 is 7.64. The third-order valence-corrected chi connectivity index (χ3v) is 4.63. The largest absolute Gasteiger partial charge is 0.467 e. The second-order valence-corrected chi connectivity index (χ2v) is 6.70. The van der Waals surface area contributed by atoms with Gasteiger partial charge in [0.2, 0.25) is 0 Å². The number of hydrogen-bond donors (Lipinski definition) is 1. The third kappa shape index (κ3) is 3.56. The Morgan fingerprint density at radius 2 is 1.95 bits per heavy atom. The van der Waals surface area contributed by atoms with E-state index >= 15 is 0 Å². The van der Waals surface area contributed by atoms with Gasteiger partial charge in [-0.3, -0.25) is 5.32 Å². The van der Waals surface area contributed by atoms with Gasteiger partial charge >= 0.3 is 0 Å². The lowest BCUT2D eigenvalue weighted by Crippen LogP contribution is -2.20. The highest BCUT2D eigenvalue weighted by molar-refractivity contribution is 7.16. The van der Waals surface area contributed by atoms with Crippen molar-refractivity contribution in [3.63, 3.8) is 0 Å². The van der Waals surface area contributed by atoms with Gasteiger partial charge in [0.25, 0.3) is 0 Å². The Labute approximate surface area is 133 Å². The molecule has 0 aliphatic heterocycles. The molecule has 0 aliphatic carbocycles. The van der Waals surface area contributed by atoms with Gasteiger partial charge < -0.3 is 4.42 Å². The molecule has 108 valence electrons. The first-order chi connectivity index (χ1) is 10.2. The SMILES string of the molecule is Cc1ccc(CNC(c2ccco2)c2ccc(Cl)s2)cc1. The van der Waals surface area contributed by atoms with Crippen molar-refractivity contribution in [3.05, 3.63) is 80.9 Å². The van der Waals surface area contributed by atoms with Crippen LogP contribution in [0.15, 0.2) is 59.2 Å². The highest BCUT2D eigenvalue weighted by Gasteiger charge is 2.18. The molecule has 1 N–H and O–H groups in total. The molecular weight excluding hydrogens is 302 g/mol. The van der Waals surface area contributed by atoms with E-state index in [4.69, 9.17) is 16.0 Å². The van der Waals surface area contributed by atoms with Crippen molar-refractivity contribution in [1.29, 1.82) is 0 Å². The Hall–Kier alpha value is -1.55. The van der Waals surface area contributed by atoms with E-state index in [1.165, 1.54) is 11.1 Å². The average Bonchev–Trinajstić information content (AvgIpc) is 3.13. The van der Waals surface area contributed by atoms with Crippen LogP contribution in [0.3, 0.4) is 0 Å². The van der Waals surface area contributed by atoms with Gasteiger partial charge in [-0.2, -0.15) is 0 Å². The van der Waals surface area contributed by atoms with E-state index in [0.29, 0.717) is 0 Å². The number of furan rings is 1. The molecule has 2 heterocycles.